The molecule has 0 radical (unpaired) electrons. The minimum atomic E-state index is -1.11. The van der Waals surface area contributed by atoms with E-state index in [1.165, 1.54) is 13.0 Å². The van der Waals surface area contributed by atoms with E-state index in [9.17, 15) is 9.59 Å². The fourth-order valence-corrected chi connectivity index (χ4v) is 1.53. The van der Waals surface area contributed by atoms with Crippen LogP contribution in [0.15, 0.2) is 18.2 Å². The summed E-state index contributed by atoms with van der Waals surface area (Å²) in [6.45, 7) is 3.80. The molecule has 1 amide bonds. The van der Waals surface area contributed by atoms with E-state index >= 15 is 0 Å². The number of amides is 1. The molecule has 104 valence electrons. The van der Waals surface area contributed by atoms with Crippen LogP contribution < -0.4 is 10.1 Å². The largest absolute Gasteiger partial charge is 0.493 e. The summed E-state index contributed by atoms with van der Waals surface area (Å²) in [6.07, 6.45) is 0.801. The van der Waals surface area contributed by atoms with Crippen LogP contribution in [-0.4, -0.2) is 29.6 Å². The molecule has 0 heterocycles. The van der Waals surface area contributed by atoms with Crippen molar-refractivity contribution in [2.24, 2.45) is 0 Å². The smallest absolute Gasteiger partial charge is 0.325 e. The number of aliphatic carboxylic acids is 1. The summed E-state index contributed by atoms with van der Waals surface area (Å²) in [4.78, 5) is 22.7. The van der Waals surface area contributed by atoms with Crippen molar-refractivity contribution in [2.75, 3.05) is 6.61 Å². The first-order valence-corrected chi connectivity index (χ1v) is 6.29. The number of carbonyl (C=O) groups is 2. The highest BCUT2D eigenvalue weighted by Crippen LogP contribution is 2.23. The minimum absolute atomic E-state index is 0.231. The lowest BCUT2D eigenvalue weighted by molar-refractivity contribution is -0.138. The fraction of sp³-hybridized carbons (Fsp3) is 0.385. The standard InChI is InChI=1S/C13H16ClNO4/c1-3-6-19-11-5-4-9(14)7-10(11)12(16)15-8(2)13(17)18/h4-5,7-8H,3,6H2,1-2H3,(H,15,16)(H,17,18)/t8-/m1/s1. The number of hydrogen-bond acceptors (Lipinski definition) is 3. The summed E-state index contributed by atoms with van der Waals surface area (Å²) in [7, 11) is 0. The molecular formula is C13H16ClNO4. The average Bonchev–Trinajstić information content (AvgIpc) is 2.36. The Labute approximate surface area is 116 Å². The Kier molecular flexibility index (Phi) is 5.63. The lowest BCUT2D eigenvalue weighted by Crippen LogP contribution is -2.38. The summed E-state index contributed by atoms with van der Waals surface area (Å²) in [5.41, 5.74) is 0.231. The van der Waals surface area contributed by atoms with E-state index in [0.29, 0.717) is 17.4 Å². The molecular weight excluding hydrogens is 270 g/mol. The number of halogens is 1. The second-order valence-corrected chi connectivity index (χ2v) is 4.46. The molecule has 1 atom stereocenters. The van der Waals surface area contributed by atoms with Crippen LogP contribution >= 0.6 is 11.6 Å². The van der Waals surface area contributed by atoms with Gasteiger partial charge in [-0.3, -0.25) is 9.59 Å². The zero-order valence-corrected chi connectivity index (χ0v) is 11.5. The van der Waals surface area contributed by atoms with E-state index in [0.717, 1.165) is 6.42 Å². The van der Waals surface area contributed by atoms with Gasteiger partial charge in [-0.1, -0.05) is 18.5 Å². The van der Waals surface area contributed by atoms with Gasteiger partial charge in [-0.2, -0.15) is 0 Å². The van der Waals surface area contributed by atoms with E-state index in [1.807, 2.05) is 6.92 Å². The normalized spacial score (nSPS) is 11.7. The molecule has 0 saturated heterocycles. The zero-order chi connectivity index (χ0) is 14.4. The van der Waals surface area contributed by atoms with Gasteiger partial charge in [-0.25, -0.2) is 0 Å². The van der Waals surface area contributed by atoms with E-state index in [1.54, 1.807) is 12.1 Å². The van der Waals surface area contributed by atoms with Crippen molar-refractivity contribution in [1.29, 1.82) is 0 Å². The van der Waals surface area contributed by atoms with Crippen LogP contribution in [0.2, 0.25) is 5.02 Å². The predicted molar refractivity (Wildman–Crippen MR) is 71.8 cm³/mol. The van der Waals surface area contributed by atoms with Crippen LogP contribution in [0.5, 0.6) is 5.75 Å². The Morgan fingerprint density at radius 3 is 2.74 bits per heavy atom. The van der Waals surface area contributed by atoms with Crippen LogP contribution in [-0.2, 0) is 4.79 Å². The summed E-state index contributed by atoms with van der Waals surface area (Å²) >= 11 is 5.84. The molecule has 1 rings (SSSR count). The van der Waals surface area contributed by atoms with Gasteiger partial charge in [0.2, 0.25) is 0 Å². The van der Waals surface area contributed by atoms with Gasteiger partial charge in [0.15, 0.2) is 0 Å². The Balaban J connectivity index is 2.93. The molecule has 0 aliphatic carbocycles. The SMILES string of the molecule is CCCOc1ccc(Cl)cc1C(=O)N[C@H](C)C(=O)O. The number of carbonyl (C=O) groups excluding carboxylic acids is 1. The van der Waals surface area contributed by atoms with Crippen LogP contribution in [0, 0.1) is 0 Å². The molecule has 1 aromatic carbocycles. The van der Waals surface area contributed by atoms with Gasteiger partial charge >= 0.3 is 5.97 Å². The number of nitrogens with one attached hydrogen (secondary N) is 1. The molecule has 5 nitrogen and oxygen atoms in total. The molecule has 0 saturated carbocycles. The average molecular weight is 286 g/mol. The molecule has 19 heavy (non-hydrogen) atoms. The van der Waals surface area contributed by atoms with Crippen LogP contribution in [0.25, 0.3) is 0 Å². The Hall–Kier alpha value is -1.75. The van der Waals surface area contributed by atoms with Gasteiger partial charge < -0.3 is 15.2 Å². The maximum Gasteiger partial charge on any atom is 0.325 e. The first-order valence-electron chi connectivity index (χ1n) is 5.91. The van der Waals surface area contributed by atoms with Gasteiger partial charge in [0.05, 0.1) is 12.2 Å². The molecule has 0 fully saturated rings. The first-order chi connectivity index (χ1) is 8.95. The van der Waals surface area contributed by atoms with Gasteiger partial charge in [0, 0.05) is 5.02 Å². The summed E-state index contributed by atoms with van der Waals surface area (Å²) in [5.74, 6) is -1.24. The van der Waals surface area contributed by atoms with E-state index < -0.39 is 17.9 Å². The molecule has 0 bridgehead atoms. The molecule has 1 aromatic rings. The Morgan fingerprint density at radius 2 is 2.16 bits per heavy atom. The number of carboxylic acid groups (broad SMARTS) is 1. The third-order valence-electron chi connectivity index (χ3n) is 2.37. The topological polar surface area (TPSA) is 75.6 Å². The maximum atomic E-state index is 12.0. The zero-order valence-electron chi connectivity index (χ0n) is 10.8. The maximum absolute atomic E-state index is 12.0. The molecule has 0 aliphatic rings. The quantitative estimate of drug-likeness (QED) is 0.841. The summed E-state index contributed by atoms with van der Waals surface area (Å²) in [5, 5.41) is 11.5. The van der Waals surface area contributed by atoms with Crippen LogP contribution in [0.1, 0.15) is 30.6 Å². The molecule has 0 aromatic heterocycles. The predicted octanol–water partition coefficient (Wildman–Crippen LogP) is 2.33. The van der Waals surface area contributed by atoms with Crippen molar-refractivity contribution in [3.63, 3.8) is 0 Å². The number of carboxylic acids is 1. The summed E-state index contributed by atoms with van der Waals surface area (Å²) in [6, 6.07) is 3.68. The molecule has 0 aliphatic heterocycles. The van der Waals surface area contributed by atoms with Gasteiger partial charge in [-0.05, 0) is 31.5 Å². The number of hydrogen-bond donors (Lipinski definition) is 2. The lowest BCUT2D eigenvalue weighted by atomic mass is 10.1. The van der Waals surface area contributed by atoms with Crippen molar-refractivity contribution < 1.29 is 19.4 Å². The van der Waals surface area contributed by atoms with Crippen LogP contribution in [0.4, 0.5) is 0 Å². The van der Waals surface area contributed by atoms with E-state index in [2.05, 4.69) is 5.32 Å². The fourth-order valence-electron chi connectivity index (χ4n) is 1.35. The van der Waals surface area contributed by atoms with Crippen molar-refractivity contribution >= 4 is 23.5 Å². The van der Waals surface area contributed by atoms with Crippen molar-refractivity contribution in [3.8, 4) is 5.75 Å². The van der Waals surface area contributed by atoms with Gasteiger partial charge in [0.25, 0.3) is 5.91 Å². The second-order valence-electron chi connectivity index (χ2n) is 4.02. The van der Waals surface area contributed by atoms with Gasteiger partial charge in [0.1, 0.15) is 11.8 Å². The van der Waals surface area contributed by atoms with Crippen molar-refractivity contribution in [3.05, 3.63) is 28.8 Å². The second kappa shape index (κ2) is 6.99. The molecule has 0 spiro atoms. The highest BCUT2D eigenvalue weighted by molar-refractivity contribution is 6.31. The third-order valence-corrected chi connectivity index (χ3v) is 2.60. The minimum Gasteiger partial charge on any atom is -0.493 e. The van der Waals surface area contributed by atoms with Crippen molar-refractivity contribution in [2.45, 2.75) is 26.3 Å². The van der Waals surface area contributed by atoms with E-state index in [4.69, 9.17) is 21.4 Å². The highest BCUT2D eigenvalue weighted by atomic mass is 35.5. The Bertz CT molecular complexity index is 476. The number of ether oxygens (including phenoxy) is 1. The number of rotatable bonds is 6. The number of benzene rings is 1. The lowest BCUT2D eigenvalue weighted by Gasteiger charge is -2.13. The molecule has 0 unspecified atom stereocenters. The molecule has 6 heteroatoms. The van der Waals surface area contributed by atoms with Gasteiger partial charge in [-0.15, -0.1) is 0 Å². The Morgan fingerprint density at radius 1 is 1.47 bits per heavy atom. The van der Waals surface area contributed by atoms with Crippen LogP contribution in [0.3, 0.4) is 0 Å². The third kappa shape index (κ3) is 4.44. The van der Waals surface area contributed by atoms with Crippen molar-refractivity contribution in [1.82, 2.24) is 5.32 Å². The van der Waals surface area contributed by atoms with E-state index in [-0.39, 0.29) is 5.56 Å². The first kappa shape index (κ1) is 15.3. The summed E-state index contributed by atoms with van der Waals surface area (Å²) < 4.78 is 5.44. The highest BCUT2D eigenvalue weighted by Gasteiger charge is 2.18. The monoisotopic (exact) mass is 285 g/mol. The molecule has 2 N–H and O–H groups in total.